The highest BCUT2D eigenvalue weighted by atomic mass is 35.5. The largest absolute Gasteiger partial charge is 0.346 e. The van der Waals surface area contributed by atoms with Crippen LogP contribution in [0, 0.1) is 0 Å². The number of benzene rings is 1. The minimum atomic E-state index is -0.477. The summed E-state index contributed by atoms with van der Waals surface area (Å²) in [5, 5.41) is 3.74. The van der Waals surface area contributed by atoms with Gasteiger partial charge in [0.1, 0.15) is 11.5 Å². The number of nitrogens with one attached hydrogen (secondary N) is 2. The second-order valence-electron chi connectivity index (χ2n) is 8.34. The Labute approximate surface area is 175 Å². The lowest BCUT2D eigenvalue weighted by Crippen LogP contribution is -2.45. The quantitative estimate of drug-likeness (QED) is 0.593. The van der Waals surface area contributed by atoms with E-state index in [1.165, 1.54) is 25.0 Å². The van der Waals surface area contributed by atoms with Crippen LogP contribution in [0.1, 0.15) is 61.0 Å². The Morgan fingerprint density at radius 3 is 2.79 bits per heavy atom. The van der Waals surface area contributed by atoms with E-state index in [1.807, 2.05) is 56.4 Å². The second-order valence-corrected chi connectivity index (χ2v) is 8.77. The number of carbonyl (C=O) groups is 1. The first kappa shape index (κ1) is 19.6. The first-order chi connectivity index (χ1) is 13.9. The van der Waals surface area contributed by atoms with E-state index in [0.29, 0.717) is 23.1 Å². The van der Waals surface area contributed by atoms with Gasteiger partial charge < -0.3 is 10.3 Å². The maximum atomic E-state index is 13.1. The zero-order chi connectivity index (χ0) is 20.4. The number of halogens is 1. The number of imidazole rings is 1. The summed E-state index contributed by atoms with van der Waals surface area (Å²) in [5.41, 5.74) is 2.74. The summed E-state index contributed by atoms with van der Waals surface area (Å²) in [6.45, 7) is 4.00. The molecule has 1 saturated carbocycles. The van der Waals surface area contributed by atoms with Gasteiger partial charge in [0.2, 0.25) is 0 Å². The smallest absolute Gasteiger partial charge is 0.270 e. The van der Waals surface area contributed by atoms with Crippen molar-refractivity contribution in [1.82, 2.24) is 20.3 Å². The van der Waals surface area contributed by atoms with Crippen molar-refractivity contribution in [2.24, 2.45) is 0 Å². The van der Waals surface area contributed by atoms with Crippen molar-refractivity contribution in [3.63, 3.8) is 0 Å². The highest BCUT2D eigenvalue weighted by Gasteiger charge is 2.27. The standard InChI is InChI=1S/C23H25ClN4O/c1-23(2,13-20-26-14-19(27-20)15-6-3-7-15)28-22(29)21-18(10-5-11-25-21)16-8-4-9-17(24)12-16/h4-5,8-12,14-15H,3,6-7,13H2,1-2H3,(H,26,27)(H,28,29). The molecule has 6 heteroatoms. The Balaban J connectivity index is 1.50. The van der Waals surface area contributed by atoms with Gasteiger partial charge >= 0.3 is 0 Å². The lowest BCUT2D eigenvalue weighted by Gasteiger charge is -2.26. The van der Waals surface area contributed by atoms with Gasteiger partial charge in [0, 0.05) is 46.6 Å². The molecule has 1 aromatic carbocycles. The summed E-state index contributed by atoms with van der Waals surface area (Å²) >= 11 is 6.13. The fourth-order valence-corrected chi connectivity index (χ4v) is 3.89. The molecular weight excluding hydrogens is 384 g/mol. The Morgan fingerprint density at radius 1 is 1.24 bits per heavy atom. The molecule has 0 radical (unpaired) electrons. The van der Waals surface area contributed by atoms with E-state index in [4.69, 9.17) is 11.6 Å². The second kappa shape index (κ2) is 7.99. The number of H-pyrrole nitrogens is 1. The average molecular weight is 409 g/mol. The molecule has 4 rings (SSSR count). The molecule has 0 saturated heterocycles. The Hall–Kier alpha value is -2.66. The van der Waals surface area contributed by atoms with Crippen molar-refractivity contribution in [3.8, 4) is 11.1 Å². The van der Waals surface area contributed by atoms with E-state index >= 15 is 0 Å². The molecule has 5 nitrogen and oxygen atoms in total. The number of hydrogen-bond donors (Lipinski definition) is 2. The maximum absolute atomic E-state index is 13.1. The summed E-state index contributed by atoms with van der Waals surface area (Å²) in [7, 11) is 0. The molecule has 2 aromatic heterocycles. The third-order valence-corrected chi connectivity index (χ3v) is 5.65. The van der Waals surface area contributed by atoms with Gasteiger partial charge in [0.25, 0.3) is 5.91 Å². The van der Waals surface area contributed by atoms with Crippen LogP contribution in [0.25, 0.3) is 11.1 Å². The molecule has 1 amide bonds. The summed E-state index contributed by atoms with van der Waals surface area (Å²) in [5.74, 6) is 1.30. The lowest BCUT2D eigenvalue weighted by atomic mass is 9.83. The van der Waals surface area contributed by atoms with Crippen molar-refractivity contribution in [3.05, 3.63) is 71.0 Å². The minimum Gasteiger partial charge on any atom is -0.346 e. The molecule has 2 heterocycles. The van der Waals surface area contributed by atoms with Crippen LogP contribution in [0.4, 0.5) is 0 Å². The normalized spacial score (nSPS) is 14.4. The molecule has 29 heavy (non-hydrogen) atoms. The molecular formula is C23H25ClN4O. The number of hydrogen-bond acceptors (Lipinski definition) is 3. The maximum Gasteiger partial charge on any atom is 0.270 e. The number of carbonyl (C=O) groups excluding carboxylic acids is 1. The third kappa shape index (κ3) is 4.51. The third-order valence-electron chi connectivity index (χ3n) is 5.41. The molecule has 150 valence electrons. The summed E-state index contributed by atoms with van der Waals surface area (Å²) in [6, 6.07) is 11.2. The topological polar surface area (TPSA) is 70.7 Å². The van der Waals surface area contributed by atoms with Gasteiger partial charge in [-0.25, -0.2) is 4.98 Å². The van der Waals surface area contributed by atoms with Crippen molar-refractivity contribution in [2.45, 2.75) is 51.0 Å². The van der Waals surface area contributed by atoms with E-state index < -0.39 is 5.54 Å². The van der Waals surface area contributed by atoms with Crippen LogP contribution in [0.15, 0.2) is 48.8 Å². The monoisotopic (exact) mass is 408 g/mol. The number of aromatic nitrogens is 3. The molecule has 0 aliphatic heterocycles. The highest BCUT2D eigenvalue weighted by molar-refractivity contribution is 6.30. The molecule has 0 atom stereocenters. The van der Waals surface area contributed by atoms with E-state index in [0.717, 1.165) is 17.0 Å². The van der Waals surface area contributed by atoms with Crippen LogP contribution in [0.2, 0.25) is 5.02 Å². The van der Waals surface area contributed by atoms with Crippen LogP contribution in [0.3, 0.4) is 0 Å². The first-order valence-electron chi connectivity index (χ1n) is 9.98. The summed E-state index contributed by atoms with van der Waals surface area (Å²) in [6.07, 6.45) is 7.94. The number of amides is 1. The van der Waals surface area contributed by atoms with Crippen LogP contribution in [0.5, 0.6) is 0 Å². The van der Waals surface area contributed by atoms with E-state index in [2.05, 4.69) is 20.3 Å². The van der Waals surface area contributed by atoms with E-state index in [-0.39, 0.29) is 5.91 Å². The Bertz CT molecular complexity index is 1020. The van der Waals surface area contributed by atoms with Gasteiger partial charge in [-0.2, -0.15) is 0 Å². The fraction of sp³-hybridized carbons (Fsp3) is 0.348. The number of aromatic amines is 1. The summed E-state index contributed by atoms with van der Waals surface area (Å²) < 4.78 is 0. The average Bonchev–Trinajstić information content (AvgIpc) is 3.06. The van der Waals surface area contributed by atoms with E-state index in [1.54, 1.807) is 6.20 Å². The molecule has 0 spiro atoms. The minimum absolute atomic E-state index is 0.212. The molecule has 0 bridgehead atoms. The molecule has 1 fully saturated rings. The van der Waals surface area contributed by atoms with Gasteiger partial charge in [-0.15, -0.1) is 0 Å². The predicted octanol–water partition coefficient (Wildman–Crippen LogP) is 5.14. The zero-order valence-corrected chi connectivity index (χ0v) is 17.5. The Morgan fingerprint density at radius 2 is 2.07 bits per heavy atom. The van der Waals surface area contributed by atoms with Gasteiger partial charge in [-0.1, -0.05) is 36.2 Å². The predicted molar refractivity (Wildman–Crippen MR) is 115 cm³/mol. The molecule has 1 aliphatic carbocycles. The molecule has 1 aliphatic rings. The molecule has 3 aromatic rings. The van der Waals surface area contributed by atoms with Crippen molar-refractivity contribution in [1.29, 1.82) is 0 Å². The number of nitrogens with zero attached hydrogens (tertiary/aromatic N) is 2. The highest BCUT2D eigenvalue weighted by Crippen LogP contribution is 2.35. The SMILES string of the molecule is CC(C)(Cc1ncc(C2CCC2)[nH]1)NC(=O)c1ncccc1-c1cccc(Cl)c1. The Kier molecular flexibility index (Phi) is 5.41. The van der Waals surface area contributed by atoms with Gasteiger partial charge in [0.05, 0.1) is 0 Å². The lowest BCUT2D eigenvalue weighted by molar-refractivity contribution is 0.0908. The first-order valence-corrected chi connectivity index (χ1v) is 10.4. The van der Waals surface area contributed by atoms with E-state index in [9.17, 15) is 4.79 Å². The van der Waals surface area contributed by atoms with Crippen LogP contribution < -0.4 is 5.32 Å². The summed E-state index contributed by atoms with van der Waals surface area (Å²) in [4.78, 5) is 25.4. The van der Waals surface area contributed by atoms with Crippen LogP contribution in [-0.2, 0) is 6.42 Å². The van der Waals surface area contributed by atoms with Crippen LogP contribution in [-0.4, -0.2) is 26.4 Å². The van der Waals surface area contributed by atoms with Gasteiger partial charge in [-0.05, 0) is 50.5 Å². The number of rotatable bonds is 6. The molecule has 2 N–H and O–H groups in total. The van der Waals surface area contributed by atoms with Gasteiger partial charge in [-0.3, -0.25) is 9.78 Å². The fourth-order valence-electron chi connectivity index (χ4n) is 3.70. The van der Waals surface area contributed by atoms with Crippen molar-refractivity contribution < 1.29 is 4.79 Å². The van der Waals surface area contributed by atoms with Crippen molar-refractivity contribution >= 4 is 17.5 Å². The van der Waals surface area contributed by atoms with Crippen molar-refractivity contribution in [2.75, 3.05) is 0 Å². The zero-order valence-electron chi connectivity index (χ0n) is 16.7. The van der Waals surface area contributed by atoms with Gasteiger partial charge in [0.15, 0.2) is 0 Å². The number of pyridine rings is 1. The van der Waals surface area contributed by atoms with Crippen LogP contribution >= 0.6 is 11.6 Å². The molecule has 0 unspecified atom stereocenters.